The van der Waals surface area contributed by atoms with Gasteiger partial charge in [-0.3, -0.25) is 0 Å². The molecular weight excluding hydrogens is 224 g/mol. The van der Waals surface area contributed by atoms with Gasteiger partial charge in [0.2, 0.25) is 0 Å². The molecule has 1 aromatic carbocycles. The van der Waals surface area contributed by atoms with Gasteiger partial charge in [0.15, 0.2) is 0 Å². The number of nitrogens with zero attached hydrogens (tertiary/aromatic N) is 2. The third-order valence-electron chi connectivity index (χ3n) is 3.50. The van der Waals surface area contributed by atoms with Crippen molar-refractivity contribution in [1.82, 2.24) is 4.90 Å². The van der Waals surface area contributed by atoms with Crippen LogP contribution >= 0.6 is 0 Å². The minimum Gasteiger partial charge on any atom is -0.492 e. The van der Waals surface area contributed by atoms with E-state index in [2.05, 4.69) is 18.0 Å². The van der Waals surface area contributed by atoms with Gasteiger partial charge in [0.25, 0.3) is 0 Å². The maximum Gasteiger partial charge on any atom is 0.120 e. The van der Waals surface area contributed by atoms with Crippen molar-refractivity contribution in [3.63, 3.8) is 0 Å². The Balaban J connectivity index is 1.69. The average molecular weight is 244 g/mol. The zero-order valence-corrected chi connectivity index (χ0v) is 10.9. The van der Waals surface area contributed by atoms with Crippen molar-refractivity contribution in [1.29, 1.82) is 5.26 Å². The topological polar surface area (TPSA) is 36.3 Å². The Labute approximate surface area is 109 Å². The predicted molar refractivity (Wildman–Crippen MR) is 71.5 cm³/mol. The standard InChI is InChI=1S/C15H20N2O/c1-17(12-13-4-2-5-13)8-9-18-15-7-3-6-14(10-15)11-16/h3,6-7,10,13H,2,4-5,8-9,12H2,1H3. The molecule has 1 saturated carbocycles. The third-order valence-corrected chi connectivity index (χ3v) is 3.50. The molecule has 1 aromatic rings. The fraction of sp³-hybridized carbons (Fsp3) is 0.533. The van der Waals surface area contributed by atoms with Crippen LogP contribution in [0.1, 0.15) is 24.8 Å². The van der Waals surface area contributed by atoms with Crippen LogP contribution in [0.4, 0.5) is 0 Å². The maximum absolute atomic E-state index is 8.79. The minimum absolute atomic E-state index is 0.648. The number of hydrogen-bond donors (Lipinski definition) is 0. The molecule has 0 aliphatic heterocycles. The van der Waals surface area contributed by atoms with Gasteiger partial charge in [0.05, 0.1) is 11.6 Å². The molecule has 0 N–H and O–H groups in total. The Hall–Kier alpha value is -1.53. The molecule has 1 aliphatic rings. The molecule has 0 saturated heterocycles. The first-order valence-corrected chi connectivity index (χ1v) is 6.59. The van der Waals surface area contributed by atoms with Crippen molar-refractivity contribution in [3.8, 4) is 11.8 Å². The van der Waals surface area contributed by atoms with Gasteiger partial charge < -0.3 is 9.64 Å². The van der Waals surface area contributed by atoms with Crippen molar-refractivity contribution >= 4 is 0 Å². The first kappa shape index (κ1) is 12.9. The van der Waals surface area contributed by atoms with Crippen LogP contribution in [0.3, 0.4) is 0 Å². The van der Waals surface area contributed by atoms with Crippen molar-refractivity contribution < 1.29 is 4.74 Å². The molecule has 0 radical (unpaired) electrons. The van der Waals surface area contributed by atoms with E-state index in [0.29, 0.717) is 12.2 Å². The maximum atomic E-state index is 8.79. The lowest BCUT2D eigenvalue weighted by Crippen LogP contribution is -2.32. The van der Waals surface area contributed by atoms with E-state index in [1.807, 2.05) is 12.1 Å². The first-order chi connectivity index (χ1) is 8.78. The highest BCUT2D eigenvalue weighted by Crippen LogP contribution is 2.26. The van der Waals surface area contributed by atoms with Gasteiger partial charge in [-0.15, -0.1) is 0 Å². The highest BCUT2D eigenvalue weighted by atomic mass is 16.5. The number of benzene rings is 1. The van der Waals surface area contributed by atoms with Crippen molar-refractivity contribution in [2.45, 2.75) is 19.3 Å². The predicted octanol–water partition coefficient (Wildman–Crippen LogP) is 2.67. The normalized spacial score (nSPS) is 15.2. The molecule has 0 heterocycles. The highest BCUT2D eigenvalue weighted by molar-refractivity contribution is 5.36. The highest BCUT2D eigenvalue weighted by Gasteiger charge is 2.18. The fourth-order valence-electron chi connectivity index (χ4n) is 2.18. The zero-order valence-electron chi connectivity index (χ0n) is 10.9. The smallest absolute Gasteiger partial charge is 0.120 e. The molecule has 96 valence electrons. The molecule has 0 bridgehead atoms. The molecule has 3 heteroatoms. The van der Waals surface area contributed by atoms with Crippen molar-refractivity contribution in [2.24, 2.45) is 5.92 Å². The van der Waals surface area contributed by atoms with E-state index in [0.717, 1.165) is 18.2 Å². The summed E-state index contributed by atoms with van der Waals surface area (Å²) in [5.41, 5.74) is 0.648. The second kappa shape index (κ2) is 6.42. The number of likely N-dealkylation sites (N-methyl/N-ethyl adjacent to an activating group) is 1. The van der Waals surface area contributed by atoms with Crippen molar-refractivity contribution in [3.05, 3.63) is 29.8 Å². The van der Waals surface area contributed by atoms with Crippen LogP contribution in [-0.4, -0.2) is 31.6 Å². The molecule has 2 rings (SSSR count). The van der Waals surface area contributed by atoms with Crippen LogP contribution in [0.5, 0.6) is 5.75 Å². The SMILES string of the molecule is CN(CCOc1cccc(C#N)c1)CC1CCC1. The van der Waals surface area contributed by atoms with E-state index in [1.54, 1.807) is 12.1 Å². The molecule has 18 heavy (non-hydrogen) atoms. The van der Waals surface area contributed by atoms with E-state index >= 15 is 0 Å². The summed E-state index contributed by atoms with van der Waals surface area (Å²) in [5.74, 6) is 1.68. The molecule has 1 fully saturated rings. The monoisotopic (exact) mass is 244 g/mol. The minimum atomic E-state index is 0.648. The van der Waals surface area contributed by atoms with Gasteiger partial charge in [0.1, 0.15) is 12.4 Å². The van der Waals surface area contributed by atoms with E-state index in [-0.39, 0.29) is 0 Å². The van der Waals surface area contributed by atoms with Crippen LogP contribution in [0, 0.1) is 17.2 Å². The summed E-state index contributed by atoms with van der Waals surface area (Å²) < 4.78 is 5.66. The summed E-state index contributed by atoms with van der Waals surface area (Å²) >= 11 is 0. The fourth-order valence-corrected chi connectivity index (χ4v) is 2.18. The van der Waals surface area contributed by atoms with Crippen LogP contribution < -0.4 is 4.74 Å². The summed E-state index contributed by atoms with van der Waals surface area (Å²) in [5, 5.41) is 8.79. The third kappa shape index (κ3) is 3.75. The number of ether oxygens (including phenoxy) is 1. The Morgan fingerprint density at radius 1 is 1.44 bits per heavy atom. The van der Waals surface area contributed by atoms with E-state index < -0.39 is 0 Å². The first-order valence-electron chi connectivity index (χ1n) is 6.59. The van der Waals surface area contributed by atoms with E-state index in [4.69, 9.17) is 10.00 Å². The summed E-state index contributed by atoms with van der Waals surface area (Å²) in [6.45, 7) is 2.80. The van der Waals surface area contributed by atoms with Gasteiger partial charge in [0, 0.05) is 13.1 Å². The summed E-state index contributed by atoms with van der Waals surface area (Å²) in [7, 11) is 2.15. The van der Waals surface area contributed by atoms with Gasteiger partial charge in [-0.2, -0.15) is 5.26 Å². The van der Waals surface area contributed by atoms with Gasteiger partial charge in [-0.1, -0.05) is 12.5 Å². The lowest BCUT2D eigenvalue weighted by atomic mass is 9.85. The largest absolute Gasteiger partial charge is 0.492 e. The summed E-state index contributed by atoms with van der Waals surface area (Å²) in [6, 6.07) is 9.44. The molecule has 0 unspecified atom stereocenters. The van der Waals surface area contributed by atoms with Crippen LogP contribution in [0.2, 0.25) is 0 Å². The Morgan fingerprint density at radius 2 is 2.28 bits per heavy atom. The van der Waals surface area contributed by atoms with E-state index in [1.165, 1.54) is 25.8 Å². The van der Waals surface area contributed by atoms with E-state index in [9.17, 15) is 0 Å². The quantitative estimate of drug-likeness (QED) is 0.772. The molecular formula is C15H20N2O. The lowest BCUT2D eigenvalue weighted by Gasteiger charge is -2.30. The van der Waals surface area contributed by atoms with Gasteiger partial charge in [-0.05, 0) is 44.0 Å². The molecule has 0 spiro atoms. The summed E-state index contributed by atoms with van der Waals surface area (Å²) in [4.78, 5) is 2.33. The molecule has 1 aliphatic carbocycles. The van der Waals surface area contributed by atoms with Gasteiger partial charge in [-0.25, -0.2) is 0 Å². The number of rotatable bonds is 6. The number of nitriles is 1. The Kier molecular flexibility index (Phi) is 4.60. The second-order valence-electron chi connectivity index (χ2n) is 5.05. The Bertz CT molecular complexity index is 421. The lowest BCUT2D eigenvalue weighted by molar-refractivity contribution is 0.177. The van der Waals surface area contributed by atoms with Crippen molar-refractivity contribution in [2.75, 3.05) is 26.7 Å². The molecule has 3 nitrogen and oxygen atoms in total. The zero-order chi connectivity index (χ0) is 12.8. The molecule has 0 amide bonds. The number of hydrogen-bond acceptors (Lipinski definition) is 3. The van der Waals surface area contributed by atoms with Crippen LogP contribution in [0.25, 0.3) is 0 Å². The molecule has 0 atom stereocenters. The molecule has 0 aromatic heterocycles. The summed E-state index contributed by atoms with van der Waals surface area (Å²) in [6.07, 6.45) is 4.17. The average Bonchev–Trinajstić information content (AvgIpc) is 2.34. The van der Waals surface area contributed by atoms with Crippen LogP contribution in [-0.2, 0) is 0 Å². The second-order valence-corrected chi connectivity index (χ2v) is 5.05. The Morgan fingerprint density at radius 3 is 2.94 bits per heavy atom. The van der Waals surface area contributed by atoms with Crippen LogP contribution in [0.15, 0.2) is 24.3 Å². The van der Waals surface area contributed by atoms with Gasteiger partial charge >= 0.3 is 0 Å².